The average Bonchev–Trinajstić information content (AvgIpc) is 2.36. The first-order valence-electron chi connectivity index (χ1n) is 5.21. The molecule has 0 aliphatic heterocycles. The van der Waals surface area contributed by atoms with Crippen LogP contribution in [0.1, 0.15) is 5.56 Å². The average molecular weight is 450 g/mol. The van der Waals surface area contributed by atoms with Crippen molar-refractivity contribution in [2.24, 2.45) is 0 Å². The van der Waals surface area contributed by atoms with E-state index in [9.17, 15) is 35.1 Å². The monoisotopic (exact) mass is 450 g/mol. The molecule has 0 aliphatic carbocycles. The van der Waals surface area contributed by atoms with Gasteiger partial charge in [0.05, 0.1) is 0 Å². The Balaban J connectivity index is 2.94. The van der Waals surface area contributed by atoms with E-state index < -0.39 is 38.5 Å². The molecule has 0 aliphatic rings. The lowest BCUT2D eigenvalue weighted by atomic mass is 10.2. The van der Waals surface area contributed by atoms with Crippen molar-refractivity contribution in [1.29, 1.82) is 0 Å². The van der Waals surface area contributed by atoms with E-state index in [1.54, 1.807) is 0 Å². The predicted octanol–water partition coefficient (Wildman–Crippen LogP) is 5.81. The van der Waals surface area contributed by atoms with E-state index in [4.69, 9.17) is 0 Å². The van der Waals surface area contributed by atoms with Gasteiger partial charge in [-0.3, -0.25) is 0 Å². The SMILES string of the molecule is FC(F)(I)C(F)(F)C(F)(F)C(F)(F)SCc1ccccc1. The smallest absolute Gasteiger partial charge is 0.191 e. The maximum Gasteiger partial charge on any atom is 0.388 e. The third kappa shape index (κ3) is 3.74. The zero-order valence-corrected chi connectivity index (χ0v) is 12.9. The maximum atomic E-state index is 13.3. The molecule has 0 saturated heterocycles. The van der Waals surface area contributed by atoms with Gasteiger partial charge in [-0.05, 0) is 5.56 Å². The summed E-state index contributed by atoms with van der Waals surface area (Å²) in [4.78, 5) is 0. The van der Waals surface area contributed by atoms with E-state index in [2.05, 4.69) is 0 Å². The van der Waals surface area contributed by atoms with Crippen LogP contribution in [0.4, 0.5) is 35.1 Å². The molecule has 1 aromatic carbocycles. The van der Waals surface area contributed by atoms with Crippen molar-refractivity contribution in [3.05, 3.63) is 35.9 Å². The first kappa shape index (κ1) is 18.8. The Bertz CT molecular complexity index is 471. The lowest BCUT2D eigenvalue weighted by Crippen LogP contribution is -2.59. The first-order valence-corrected chi connectivity index (χ1v) is 7.27. The summed E-state index contributed by atoms with van der Waals surface area (Å²) in [6, 6.07) is 7.02. The Morgan fingerprint density at radius 1 is 0.810 bits per heavy atom. The Morgan fingerprint density at radius 2 is 1.29 bits per heavy atom. The minimum atomic E-state index is -6.20. The number of rotatable bonds is 6. The quantitative estimate of drug-likeness (QED) is 0.300. The van der Waals surface area contributed by atoms with Crippen molar-refractivity contribution in [2.75, 3.05) is 0 Å². The number of alkyl halides is 9. The summed E-state index contributed by atoms with van der Waals surface area (Å²) in [7, 11) is 0. The molecule has 0 N–H and O–H groups in total. The summed E-state index contributed by atoms with van der Waals surface area (Å²) in [6.07, 6.45) is 0. The van der Waals surface area contributed by atoms with Crippen LogP contribution >= 0.6 is 34.4 Å². The molecule has 0 aromatic heterocycles. The summed E-state index contributed by atoms with van der Waals surface area (Å²) in [5.74, 6) is -13.1. The highest BCUT2D eigenvalue weighted by Gasteiger charge is 2.80. The van der Waals surface area contributed by atoms with Gasteiger partial charge in [0.25, 0.3) is 0 Å². The van der Waals surface area contributed by atoms with Crippen molar-refractivity contribution >= 4 is 34.4 Å². The first-order chi connectivity index (χ1) is 9.33. The molecule has 0 radical (unpaired) electrons. The molecule has 0 fully saturated rings. The number of halogens is 9. The van der Waals surface area contributed by atoms with Crippen LogP contribution in [-0.2, 0) is 5.75 Å². The molecule has 0 bridgehead atoms. The van der Waals surface area contributed by atoms with E-state index in [0.717, 1.165) is 0 Å². The summed E-state index contributed by atoms with van der Waals surface area (Å²) in [5, 5.41) is -5.36. The van der Waals surface area contributed by atoms with Crippen LogP contribution in [0.15, 0.2) is 30.3 Å². The van der Waals surface area contributed by atoms with E-state index in [1.807, 2.05) is 0 Å². The van der Waals surface area contributed by atoms with Crippen LogP contribution in [0.5, 0.6) is 0 Å². The second kappa shape index (κ2) is 6.09. The third-order valence-electron chi connectivity index (χ3n) is 2.38. The fraction of sp³-hybridized carbons (Fsp3) is 0.455. The molecule has 0 unspecified atom stereocenters. The fourth-order valence-corrected chi connectivity index (χ4v) is 2.39. The Hall–Kier alpha value is -0.260. The van der Waals surface area contributed by atoms with Gasteiger partial charge < -0.3 is 0 Å². The topological polar surface area (TPSA) is 0 Å². The van der Waals surface area contributed by atoms with Crippen LogP contribution in [0, 0.1) is 0 Å². The van der Waals surface area contributed by atoms with Gasteiger partial charge in [-0.15, -0.1) is 0 Å². The summed E-state index contributed by atoms with van der Waals surface area (Å²) < 4.78 is 98.5. The molecular formula is C11H7F8IS. The highest BCUT2D eigenvalue weighted by molar-refractivity contribution is 14.1. The van der Waals surface area contributed by atoms with E-state index in [-0.39, 0.29) is 28.2 Å². The molecule has 120 valence electrons. The Morgan fingerprint density at radius 3 is 1.71 bits per heavy atom. The molecule has 0 amide bonds. The molecule has 21 heavy (non-hydrogen) atoms. The number of hydrogen-bond acceptors (Lipinski definition) is 1. The Kier molecular flexibility index (Phi) is 5.45. The highest BCUT2D eigenvalue weighted by atomic mass is 127. The van der Waals surface area contributed by atoms with Crippen LogP contribution in [0.3, 0.4) is 0 Å². The zero-order valence-electron chi connectivity index (χ0n) is 9.90. The Labute approximate surface area is 132 Å². The highest BCUT2D eigenvalue weighted by Crippen LogP contribution is 2.58. The second-order valence-corrected chi connectivity index (χ2v) is 6.38. The number of thioether (sulfide) groups is 1. The molecular weight excluding hydrogens is 443 g/mol. The largest absolute Gasteiger partial charge is 0.388 e. The van der Waals surface area contributed by atoms with Gasteiger partial charge >= 0.3 is 21.0 Å². The molecule has 0 saturated carbocycles. The molecule has 1 aromatic rings. The van der Waals surface area contributed by atoms with Crippen molar-refractivity contribution in [2.45, 2.75) is 26.8 Å². The van der Waals surface area contributed by atoms with Gasteiger partial charge in [-0.1, -0.05) is 42.1 Å². The maximum absolute atomic E-state index is 13.3. The van der Waals surface area contributed by atoms with Gasteiger partial charge in [0.2, 0.25) is 0 Å². The van der Waals surface area contributed by atoms with Crippen molar-refractivity contribution < 1.29 is 35.1 Å². The standard InChI is InChI=1S/C11H7F8IS/c12-8(13,10(16,17)20)9(14,15)11(18,19)21-6-7-4-2-1-3-5-7/h1-5H,6H2. The van der Waals surface area contributed by atoms with Crippen LogP contribution in [0.2, 0.25) is 0 Å². The van der Waals surface area contributed by atoms with Crippen LogP contribution in [0.25, 0.3) is 0 Å². The van der Waals surface area contributed by atoms with Gasteiger partial charge in [0.1, 0.15) is 0 Å². The zero-order chi connectivity index (χ0) is 16.5. The van der Waals surface area contributed by atoms with E-state index >= 15 is 0 Å². The summed E-state index contributed by atoms with van der Waals surface area (Å²) >= 11 is -1.10. The van der Waals surface area contributed by atoms with Crippen molar-refractivity contribution in [3.63, 3.8) is 0 Å². The minimum Gasteiger partial charge on any atom is -0.191 e. The number of hydrogen-bond donors (Lipinski definition) is 0. The second-order valence-electron chi connectivity index (χ2n) is 3.94. The molecule has 0 nitrogen and oxygen atoms in total. The van der Waals surface area contributed by atoms with E-state index in [0.29, 0.717) is 0 Å². The van der Waals surface area contributed by atoms with Crippen molar-refractivity contribution in [1.82, 2.24) is 0 Å². The van der Waals surface area contributed by atoms with Crippen molar-refractivity contribution in [3.8, 4) is 0 Å². The fourth-order valence-electron chi connectivity index (χ4n) is 1.20. The molecule has 10 heteroatoms. The third-order valence-corrected chi connectivity index (χ3v) is 4.15. The van der Waals surface area contributed by atoms with Gasteiger partial charge in [0, 0.05) is 28.3 Å². The predicted molar refractivity (Wildman–Crippen MR) is 71.5 cm³/mol. The normalized spacial score (nSPS) is 14.3. The lowest BCUT2D eigenvalue weighted by Gasteiger charge is -2.34. The van der Waals surface area contributed by atoms with Crippen LogP contribution in [-0.4, -0.2) is 21.0 Å². The molecule has 0 spiro atoms. The summed E-state index contributed by atoms with van der Waals surface area (Å²) in [6.45, 7) is 0. The molecule has 0 atom stereocenters. The lowest BCUT2D eigenvalue weighted by molar-refractivity contribution is -0.317. The molecule has 0 heterocycles. The number of benzene rings is 1. The van der Waals surface area contributed by atoms with Gasteiger partial charge in [0.15, 0.2) is 0 Å². The molecule has 1 rings (SSSR count). The van der Waals surface area contributed by atoms with Crippen LogP contribution < -0.4 is 0 Å². The van der Waals surface area contributed by atoms with Gasteiger partial charge in [-0.25, -0.2) is 0 Å². The van der Waals surface area contributed by atoms with E-state index in [1.165, 1.54) is 30.3 Å². The van der Waals surface area contributed by atoms with Gasteiger partial charge in [-0.2, -0.15) is 35.1 Å². The minimum absolute atomic E-state index is 0.169. The summed E-state index contributed by atoms with van der Waals surface area (Å²) in [5.41, 5.74) is 0.169.